The van der Waals surface area contributed by atoms with Gasteiger partial charge in [-0.1, -0.05) is 20.8 Å². The molecule has 0 saturated heterocycles. The van der Waals surface area contributed by atoms with E-state index in [-0.39, 0.29) is 5.60 Å². The maximum absolute atomic E-state index is 5.81. The highest BCUT2D eigenvalue weighted by atomic mass is 32.1. The molecule has 1 rings (SSSR count). The number of hydrogen-bond donors (Lipinski definition) is 0. The van der Waals surface area contributed by atoms with E-state index >= 15 is 0 Å². The molecule has 0 aliphatic rings. The molecule has 0 amide bonds. The SMILES string of the molecule is CCOC(C)(CC)c1ncc(C(C)C)s1. The molecule has 1 aromatic rings. The van der Waals surface area contributed by atoms with Crippen LogP contribution in [0.2, 0.25) is 0 Å². The Morgan fingerprint density at radius 2 is 2.13 bits per heavy atom. The molecule has 0 saturated carbocycles. The standard InChI is InChI=1S/C12H21NOS/c1-6-12(5,14-7-2)11-13-8-10(15-11)9(3)4/h8-9H,6-7H2,1-5H3. The van der Waals surface area contributed by atoms with Crippen molar-refractivity contribution in [3.8, 4) is 0 Å². The fourth-order valence-corrected chi connectivity index (χ4v) is 2.52. The zero-order chi connectivity index (χ0) is 11.5. The summed E-state index contributed by atoms with van der Waals surface area (Å²) in [7, 11) is 0. The summed E-state index contributed by atoms with van der Waals surface area (Å²) in [5.41, 5.74) is -0.202. The van der Waals surface area contributed by atoms with Crippen molar-refractivity contribution >= 4 is 11.3 Å². The van der Waals surface area contributed by atoms with Crippen LogP contribution in [-0.2, 0) is 10.3 Å². The Morgan fingerprint density at radius 1 is 1.47 bits per heavy atom. The summed E-state index contributed by atoms with van der Waals surface area (Å²) < 4.78 is 5.81. The van der Waals surface area contributed by atoms with Gasteiger partial charge in [-0.3, -0.25) is 0 Å². The zero-order valence-corrected chi connectivity index (χ0v) is 11.1. The Morgan fingerprint density at radius 3 is 2.53 bits per heavy atom. The van der Waals surface area contributed by atoms with Gasteiger partial charge in [0, 0.05) is 17.7 Å². The van der Waals surface area contributed by atoms with Gasteiger partial charge >= 0.3 is 0 Å². The summed E-state index contributed by atoms with van der Waals surface area (Å²) in [5.74, 6) is 0.555. The van der Waals surface area contributed by atoms with E-state index in [1.54, 1.807) is 11.3 Å². The molecule has 0 radical (unpaired) electrons. The van der Waals surface area contributed by atoms with Gasteiger partial charge < -0.3 is 4.74 Å². The molecule has 0 aliphatic heterocycles. The summed E-state index contributed by atoms with van der Waals surface area (Å²) in [6.07, 6.45) is 2.95. The molecular weight excluding hydrogens is 206 g/mol. The van der Waals surface area contributed by atoms with Gasteiger partial charge in [0.1, 0.15) is 10.6 Å². The van der Waals surface area contributed by atoms with Gasteiger partial charge in [-0.05, 0) is 26.2 Å². The van der Waals surface area contributed by atoms with Crippen LogP contribution in [0.3, 0.4) is 0 Å². The molecule has 1 heterocycles. The number of thiazole rings is 1. The Hall–Kier alpha value is -0.410. The molecular formula is C12H21NOS. The summed E-state index contributed by atoms with van der Waals surface area (Å²) >= 11 is 1.78. The average Bonchev–Trinajstić information content (AvgIpc) is 2.67. The van der Waals surface area contributed by atoms with Crippen LogP contribution in [-0.4, -0.2) is 11.6 Å². The fourth-order valence-electron chi connectivity index (χ4n) is 1.43. The van der Waals surface area contributed by atoms with Gasteiger partial charge in [0.15, 0.2) is 0 Å². The summed E-state index contributed by atoms with van der Waals surface area (Å²) in [6.45, 7) is 11.4. The topological polar surface area (TPSA) is 22.1 Å². The smallest absolute Gasteiger partial charge is 0.125 e. The maximum Gasteiger partial charge on any atom is 0.125 e. The van der Waals surface area contributed by atoms with Gasteiger partial charge in [-0.25, -0.2) is 4.98 Å². The average molecular weight is 227 g/mol. The van der Waals surface area contributed by atoms with Crippen LogP contribution in [0, 0.1) is 0 Å². The normalized spacial score (nSPS) is 15.6. The van der Waals surface area contributed by atoms with Crippen molar-refractivity contribution in [2.75, 3.05) is 6.61 Å². The molecule has 0 fully saturated rings. The fraction of sp³-hybridized carbons (Fsp3) is 0.750. The highest BCUT2D eigenvalue weighted by molar-refractivity contribution is 7.11. The lowest BCUT2D eigenvalue weighted by atomic mass is 10.1. The molecule has 1 unspecified atom stereocenters. The number of nitrogens with zero attached hydrogens (tertiary/aromatic N) is 1. The van der Waals surface area contributed by atoms with Crippen LogP contribution in [0.5, 0.6) is 0 Å². The van der Waals surface area contributed by atoms with E-state index < -0.39 is 0 Å². The van der Waals surface area contributed by atoms with E-state index in [1.807, 2.05) is 13.1 Å². The molecule has 1 atom stereocenters. The lowest BCUT2D eigenvalue weighted by Gasteiger charge is -2.25. The second-order valence-electron chi connectivity index (χ2n) is 4.24. The monoisotopic (exact) mass is 227 g/mol. The molecule has 3 heteroatoms. The van der Waals surface area contributed by atoms with Crippen molar-refractivity contribution in [1.29, 1.82) is 0 Å². The molecule has 2 nitrogen and oxygen atoms in total. The van der Waals surface area contributed by atoms with Gasteiger partial charge in [-0.15, -0.1) is 11.3 Å². The van der Waals surface area contributed by atoms with Crippen LogP contribution in [0.1, 0.15) is 56.8 Å². The maximum atomic E-state index is 5.81. The minimum Gasteiger partial charge on any atom is -0.368 e. The van der Waals surface area contributed by atoms with Gasteiger partial charge in [-0.2, -0.15) is 0 Å². The number of aromatic nitrogens is 1. The minimum atomic E-state index is -0.202. The van der Waals surface area contributed by atoms with Crippen molar-refractivity contribution in [1.82, 2.24) is 4.98 Å². The van der Waals surface area contributed by atoms with Crippen molar-refractivity contribution in [2.24, 2.45) is 0 Å². The van der Waals surface area contributed by atoms with Crippen molar-refractivity contribution in [3.05, 3.63) is 16.1 Å². The molecule has 0 bridgehead atoms. The molecule has 0 spiro atoms. The molecule has 86 valence electrons. The summed E-state index contributed by atoms with van der Waals surface area (Å²) in [4.78, 5) is 5.83. The lowest BCUT2D eigenvalue weighted by molar-refractivity contribution is -0.0324. The summed E-state index contributed by atoms with van der Waals surface area (Å²) in [6, 6.07) is 0. The van der Waals surface area contributed by atoms with Gasteiger partial charge in [0.05, 0.1) is 0 Å². The van der Waals surface area contributed by atoms with E-state index in [0.29, 0.717) is 5.92 Å². The quantitative estimate of drug-likeness (QED) is 0.760. The van der Waals surface area contributed by atoms with E-state index in [9.17, 15) is 0 Å². The minimum absolute atomic E-state index is 0.202. The first-order valence-corrected chi connectivity index (χ1v) is 6.45. The van der Waals surface area contributed by atoms with Gasteiger partial charge in [0.2, 0.25) is 0 Å². The molecule has 0 aliphatic carbocycles. The van der Waals surface area contributed by atoms with Crippen molar-refractivity contribution < 1.29 is 4.74 Å². The zero-order valence-electron chi connectivity index (χ0n) is 10.3. The van der Waals surface area contributed by atoms with Crippen molar-refractivity contribution in [3.63, 3.8) is 0 Å². The first-order valence-electron chi connectivity index (χ1n) is 5.63. The first kappa shape index (κ1) is 12.7. The van der Waals surface area contributed by atoms with E-state index in [0.717, 1.165) is 18.0 Å². The predicted octanol–water partition coefficient (Wildman–Crippen LogP) is 3.93. The van der Waals surface area contributed by atoms with E-state index in [1.165, 1.54) is 4.88 Å². The van der Waals surface area contributed by atoms with Crippen LogP contribution in [0.4, 0.5) is 0 Å². The largest absolute Gasteiger partial charge is 0.368 e. The number of hydrogen-bond acceptors (Lipinski definition) is 3. The predicted molar refractivity (Wildman–Crippen MR) is 65.5 cm³/mol. The third-order valence-corrected chi connectivity index (χ3v) is 4.23. The molecule has 15 heavy (non-hydrogen) atoms. The van der Waals surface area contributed by atoms with Crippen molar-refractivity contribution in [2.45, 2.75) is 52.6 Å². The Kier molecular flexibility index (Phi) is 4.29. The summed E-state index contributed by atoms with van der Waals surface area (Å²) in [5, 5.41) is 1.11. The Labute approximate surface area is 96.7 Å². The molecule has 0 N–H and O–H groups in total. The lowest BCUT2D eigenvalue weighted by Crippen LogP contribution is -2.24. The number of ether oxygens (including phenoxy) is 1. The second kappa shape index (κ2) is 5.08. The van der Waals surface area contributed by atoms with Crippen LogP contribution >= 0.6 is 11.3 Å². The molecule has 1 aromatic heterocycles. The Balaban J connectivity index is 2.92. The van der Waals surface area contributed by atoms with Gasteiger partial charge in [0.25, 0.3) is 0 Å². The first-order chi connectivity index (χ1) is 7.03. The van der Waals surface area contributed by atoms with Crippen LogP contribution in [0.15, 0.2) is 6.20 Å². The van der Waals surface area contributed by atoms with Crippen LogP contribution < -0.4 is 0 Å². The second-order valence-corrected chi connectivity index (χ2v) is 5.30. The molecule has 0 aromatic carbocycles. The Bertz CT molecular complexity index is 308. The third-order valence-electron chi connectivity index (χ3n) is 2.68. The van der Waals surface area contributed by atoms with Crippen LogP contribution in [0.25, 0.3) is 0 Å². The van der Waals surface area contributed by atoms with E-state index in [2.05, 4.69) is 32.7 Å². The number of rotatable bonds is 5. The highest BCUT2D eigenvalue weighted by Crippen LogP contribution is 2.34. The third kappa shape index (κ3) is 2.79. The van der Waals surface area contributed by atoms with E-state index in [4.69, 9.17) is 4.74 Å². The highest BCUT2D eigenvalue weighted by Gasteiger charge is 2.28.